The molecule has 3 aromatic rings. The van der Waals surface area contributed by atoms with Gasteiger partial charge in [0, 0.05) is 19.2 Å². The van der Waals surface area contributed by atoms with Gasteiger partial charge in [0.2, 0.25) is 0 Å². The first kappa shape index (κ1) is 22.5. The number of carbonyl (C=O) groups is 1. The monoisotopic (exact) mass is 441 g/mol. The van der Waals surface area contributed by atoms with Gasteiger partial charge in [-0.2, -0.15) is 5.10 Å². The van der Waals surface area contributed by atoms with Crippen LogP contribution in [0.1, 0.15) is 47.1 Å². The van der Waals surface area contributed by atoms with Crippen molar-refractivity contribution in [2.45, 2.75) is 32.7 Å². The molecule has 0 spiro atoms. The fraction of sp³-hybridized carbons (Fsp3) is 0.214. The third kappa shape index (κ3) is 5.03. The Hall–Kier alpha value is -3.73. The maximum atomic E-state index is 13.8. The molecule has 2 aromatic carbocycles. The Morgan fingerprint density at radius 1 is 1.09 bits per heavy atom. The molecule has 1 amide bonds. The standard InChI is InChI=1S/C28H28FN3O/c1-3-11-25-26(28(33)31(2)20-21-16-18-23(29)19-17-21)27(22-12-7-4-5-8-13-22)30-32(25)24-14-9-6-10-15-24/h4,6-10,12-19H,3,5,11,20H2,1-2H3. The van der Waals surface area contributed by atoms with Crippen molar-refractivity contribution in [3.05, 3.63) is 113 Å². The number of nitrogens with zero attached hydrogens (tertiary/aromatic N) is 3. The second kappa shape index (κ2) is 10.3. The molecule has 0 aliphatic heterocycles. The Kier molecular flexibility index (Phi) is 6.98. The molecule has 5 heteroatoms. The van der Waals surface area contributed by atoms with Gasteiger partial charge in [-0.15, -0.1) is 0 Å². The van der Waals surface area contributed by atoms with Gasteiger partial charge in [-0.25, -0.2) is 9.07 Å². The van der Waals surface area contributed by atoms with Gasteiger partial charge in [-0.1, -0.05) is 74.1 Å². The molecule has 0 fully saturated rings. The van der Waals surface area contributed by atoms with Gasteiger partial charge in [0.15, 0.2) is 0 Å². The highest BCUT2D eigenvalue weighted by molar-refractivity contribution is 6.01. The van der Waals surface area contributed by atoms with E-state index in [9.17, 15) is 9.18 Å². The minimum Gasteiger partial charge on any atom is -0.337 e. The Labute approximate surface area is 194 Å². The number of halogens is 1. The number of rotatable bonds is 7. The summed E-state index contributed by atoms with van der Waals surface area (Å²) in [5, 5.41) is 4.95. The van der Waals surface area contributed by atoms with Gasteiger partial charge < -0.3 is 4.90 Å². The van der Waals surface area contributed by atoms with E-state index in [1.54, 1.807) is 24.1 Å². The van der Waals surface area contributed by atoms with Crippen molar-refractivity contribution >= 4 is 11.5 Å². The van der Waals surface area contributed by atoms with Crippen LogP contribution in [-0.2, 0) is 13.0 Å². The number of para-hydroxylation sites is 1. The molecule has 1 heterocycles. The molecule has 4 rings (SSSR count). The number of aromatic nitrogens is 2. The quantitative estimate of drug-likeness (QED) is 0.442. The Bertz CT molecular complexity index is 1200. The van der Waals surface area contributed by atoms with E-state index < -0.39 is 0 Å². The molecule has 4 nitrogen and oxygen atoms in total. The second-order valence-electron chi connectivity index (χ2n) is 8.14. The first-order valence-corrected chi connectivity index (χ1v) is 11.3. The molecular weight excluding hydrogens is 413 g/mol. The number of hydrogen-bond donors (Lipinski definition) is 0. The second-order valence-corrected chi connectivity index (χ2v) is 8.14. The molecule has 0 unspecified atom stereocenters. The number of carbonyl (C=O) groups excluding carboxylic acids is 1. The predicted octanol–water partition coefficient (Wildman–Crippen LogP) is 6.14. The van der Waals surface area contributed by atoms with E-state index in [-0.39, 0.29) is 11.7 Å². The summed E-state index contributed by atoms with van der Waals surface area (Å²) < 4.78 is 15.2. The minimum absolute atomic E-state index is 0.0949. The van der Waals surface area contributed by atoms with Crippen molar-refractivity contribution in [1.29, 1.82) is 0 Å². The lowest BCUT2D eigenvalue weighted by molar-refractivity contribution is 0.0783. The van der Waals surface area contributed by atoms with Gasteiger partial charge in [-0.3, -0.25) is 4.79 Å². The summed E-state index contributed by atoms with van der Waals surface area (Å²) in [5.74, 6) is -0.382. The maximum Gasteiger partial charge on any atom is 0.258 e. The summed E-state index contributed by atoms with van der Waals surface area (Å²) in [6.45, 7) is 2.49. The third-order valence-electron chi connectivity index (χ3n) is 5.62. The molecule has 0 saturated heterocycles. The summed E-state index contributed by atoms with van der Waals surface area (Å²) in [6, 6.07) is 16.2. The van der Waals surface area contributed by atoms with Gasteiger partial charge >= 0.3 is 0 Å². The van der Waals surface area contributed by atoms with Gasteiger partial charge in [0.25, 0.3) is 5.91 Å². The molecule has 1 aliphatic rings. The Balaban J connectivity index is 1.82. The summed E-state index contributed by atoms with van der Waals surface area (Å²) in [4.78, 5) is 15.5. The van der Waals surface area contributed by atoms with Crippen LogP contribution in [0, 0.1) is 5.82 Å². The zero-order chi connectivity index (χ0) is 23.2. The Morgan fingerprint density at radius 2 is 1.85 bits per heavy atom. The summed E-state index contributed by atoms with van der Waals surface area (Å²) in [6.07, 6.45) is 12.6. The number of benzene rings is 2. The van der Waals surface area contributed by atoms with Gasteiger partial charge in [0.1, 0.15) is 11.5 Å². The number of hydrogen-bond acceptors (Lipinski definition) is 2. The topological polar surface area (TPSA) is 38.1 Å². The SMILES string of the molecule is CCCc1c(C(=O)N(C)Cc2ccc(F)cc2)c(C2=CC=CCC=C2)nn1-c1ccccc1. The summed E-state index contributed by atoms with van der Waals surface area (Å²) in [7, 11) is 1.78. The highest BCUT2D eigenvalue weighted by atomic mass is 19.1. The van der Waals surface area contributed by atoms with E-state index >= 15 is 0 Å². The third-order valence-corrected chi connectivity index (χ3v) is 5.62. The zero-order valence-electron chi connectivity index (χ0n) is 19.0. The molecule has 1 aromatic heterocycles. The maximum absolute atomic E-state index is 13.8. The van der Waals surface area contributed by atoms with Crippen molar-refractivity contribution in [3.63, 3.8) is 0 Å². The molecule has 168 valence electrons. The van der Waals surface area contributed by atoms with Crippen LogP contribution in [0.3, 0.4) is 0 Å². The van der Waals surface area contributed by atoms with E-state index in [4.69, 9.17) is 5.10 Å². The van der Waals surface area contributed by atoms with E-state index in [0.717, 1.165) is 41.8 Å². The molecule has 33 heavy (non-hydrogen) atoms. The van der Waals surface area contributed by atoms with Crippen molar-refractivity contribution < 1.29 is 9.18 Å². The van der Waals surface area contributed by atoms with E-state index in [1.165, 1.54) is 12.1 Å². The van der Waals surface area contributed by atoms with Crippen LogP contribution >= 0.6 is 0 Å². The van der Waals surface area contributed by atoms with Crippen molar-refractivity contribution in [2.24, 2.45) is 0 Å². The predicted molar refractivity (Wildman–Crippen MR) is 131 cm³/mol. The zero-order valence-corrected chi connectivity index (χ0v) is 19.0. The molecule has 0 atom stereocenters. The fourth-order valence-electron chi connectivity index (χ4n) is 3.99. The van der Waals surface area contributed by atoms with Crippen molar-refractivity contribution in [3.8, 4) is 5.69 Å². The lowest BCUT2D eigenvalue weighted by Crippen LogP contribution is -2.27. The molecule has 0 N–H and O–H groups in total. The summed E-state index contributed by atoms with van der Waals surface area (Å²) in [5.41, 5.74) is 4.91. The van der Waals surface area contributed by atoms with Crippen LogP contribution in [-0.4, -0.2) is 27.6 Å². The molecule has 0 saturated carbocycles. The van der Waals surface area contributed by atoms with Crippen LogP contribution in [0.4, 0.5) is 4.39 Å². The van der Waals surface area contributed by atoms with Crippen molar-refractivity contribution in [2.75, 3.05) is 7.05 Å². The minimum atomic E-state index is -0.287. The van der Waals surface area contributed by atoms with Gasteiger partial charge in [0.05, 0.1) is 16.9 Å². The van der Waals surface area contributed by atoms with E-state index in [1.807, 2.05) is 53.2 Å². The van der Waals surface area contributed by atoms with Crippen LogP contribution in [0.2, 0.25) is 0 Å². The first-order valence-electron chi connectivity index (χ1n) is 11.3. The van der Waals surface area contributed by atoms with Crippen LogP contribution in [0.25, 0.3) is 11.3 Å². The fourth-order valence-corrected chi connectivity index (χ4v) is 3.99. The summed E-state index contributed by atoms with van der Waals surface area (Å²) >= 11 is 0. The number of allylic oxidation sites excluding steroid dienone is 6. The van der Waals surface area contributed by atoms with Gasteiger partial charge in [-0.05, 0) is 42.7 Å². The van der Waals surface area contributed by atoms with Crippen molar-refractivity contribution in [1.82, 2.24) is 14.7 Å². The normalized spacial score (nSPS) is 13.0. The Morgan fingerprint density at radius 3 is 2.58 bits per heavy atom. The number of amides is 1. The van der Waals surface area contributed by atoms with Crippen LogP contribution < -0.4 is 0 Å². The first-order chi connectivity index (χ1) is 16.1. The highest BCUT2D eigenvalue weighted by Crippen LogP contribution is 2.29. The molecule has 1 aliphatic carbocycles. The highest BCUT2D eigenvalue weighted by Gasteiger charge is 2.27. The average molecular weight is 442 g/mol. The lowest BCUT2D eigenvalue weighted by atomic mass is 10.0. The lowest BCUT2D eigenvalue weighted by Gasteiger charge is -2.19. The molecule has 0 bridgehead atoms. The smallest absolute Gasteiger partial charge is 0.258 e. The van der Waals surface area contributed by atoms with E-state index in [2.05, 4.69) is 19.1 Å². The van der Waals surface area contributed by atoms with Crippen LogP contribution in [0.5, 0.6) is 0 Å². The van der Waals surface area contributed by atoms with E-state index in [0.29, 0.717) is 17.8 Å². The average Bonchev–Trinajstić information content (AvgIpc) is 3.00. The molecule has 0 radical (unpaired) electrons. The molecular formula is C28H28FN3O. The van der Waals surface area contributed by atoms with Crippen LogP contribution in [0.15, 0.2) is 85.0 Å². The largest absolute Gasteiger partial charge is 0.337 e.